The third kappa shape index (κ3) is 4.78. The van der Waals surface area contributed by atoms with Crippen molar-refractivity contribution >= 4 is 32.3 Å². The van der Waals surface area contributed by atoms with E-state index in [-0.39, 0.29) is 0 Å². The van der Waals surface area contributed by atoms with Crippen LogP contribution in [0, 0.1) is 0 Å². The summed E-state index contributed by atoms with van der Waals surface area (Å²) in [5.41, 5.74) is 12.4. The fourth-order valence-electron chi connectivity index (χ4n) is 7.46. The van der Waals surface area contributed by atoms with Gasteiger partial charge in [0.1, 0.15) is 0 Å². The van der Waals surface area contributed by atoms with Crippen LogP contribution in [0.25, 0.3) is 88.0 Å². The standard InChI is InChI=1S/C48H32/c1-3-14-33(15-4-1)35-26-29-37(30-27-35)47-41-20-9-11-22-43(41)48(44-23-12-10-21-42(44)47)45-25-13-24-40(46(45)36-17-5-2-6-18-36)39-31-28-34-16-7-8-19-38(34)32-39/h1-32H. The molecule has 9 rings (SSSR count). The molecule has 0 aliphatic rings. The van der Waals surface area contributed by atoms with Crippen LogP contribution < -0.4 is 0 Å². The van der Waals surface area contributed by atoms with Crippen molar-refractivity contribution in [3.63, 3.8) is 0 Å². The smallest absolute Gasteiger partial charge is 0.00199 e. The van der Waals surface area contributed by atoms with Crippen LogP contribution >= 0.6 is 0 Å². The predicted molar refractivity (Wildman–Crippen MR) is 206 cm³/mol. The normalized spacial score (nSPS) is 11.3. The van der Waals surface area contributed by atoms with Crippen molar-refractivity contribution < 1.29 is 0 Å². The zero-order valence-electron chi connectivity index (χ0n) is 26.5. The SMILES string of the molecule is c1ccc(-c2ccc(-c3c4ccccc4c(-c4cccc(-c5ccc6ccccc6c5)c4-c4ccccc4)c4ccccc34)cc2)cc1. The van der Waals surface area contributed by atoms with Crippen molar-refractivity contribution in [2.45, 2.75) is 0 Å². The van der Waals surface area contributed by atoms with Gasteiger partial charge in [0.25, 0.3) is 0 Å². The first kappa shape index (κ1) is 28.0. The highest BCUT2D eigenvalue weighted by atomic mass is 14.2. The van der Waals surface area contributed by atoms with Crippen molar-refractivity contribution in [1.29, 1.82) is 0 Å². The molecule has 0 atom stereocenters. The van der Waals surface area contributed by atoms with Crippen LogP contribution in [0.1, 0.15) is 0 Å². The summed E-state index contributed by atoms with van der Waals surface area (Å²) in [7, 11) is 0. The molecule has 0 radical (unpaired) electrons. The summed E-state index contributed by atoms with van der Waals surface area (Å²) in [6.07, 6.45) is 0. The maximum absolute atomic E-state index is 2.33. The second-order valence-electron chi connectivity index (χ2n) is 12.4. The van der Waals surface area contributed by atoms with E-state index in [1.54, 1.807) is 0 Å². The van der Waals surface area contributed by atoms with Gasteiger partial charge in [-0.1, -0.05) is 188 Å². The molecule has 0 bridgehead atoms. The van der Waals surface area contributed by atoms with Gasteiger partial charge in [0.05, 0.1) is 0 Å². The van der Waals surface area contributed by atoms with E-state index in [4.69, 9.17) is 0 Å². The molecule has 0 saturated heterocycles. The molecule has 0 N–H and O–H groups in total. The molecule has 224 valence electrons. The summed E-state index contributed by atoms with van der Waals surface area (Å²) in [5.74, 6) is 0. The molecular weight excluding hydrogens is 577 g/mol. The van der Waals surface area contributed by atoms with Gasteiger partial charge in [-0.15, -0.1) is 0 Å². The third-order valence-electron chi connectivity index (χ3n) is 9.67. The van der Waals surface area contributed by atoms with Gasteiger partial charge in [0.2, 0.25) is 0 Å². The van der Waals surface area contributed by atoms with Crippen LogP contribution in [0.15, 0.2) is 194 Å². The van der Waals surface area contributed by atoms with E-state index in [0.29, 0.717) is 0 Å². The average Bonchev–Trinajstić information content (AvgIpc) is 3.17. The largest absolute Gasteiger partial charge is 0.0622 e. The second-order valence-corrected chi connectivity index (χ2v) is 12.4. The number of benzene rings is 9. The summed E-state index contributed by atoms with van der Waals surface area (Å²) in [5, 5.41) is 7.53. The molecule has 0 aliphatic carbocycles. The van der Waals surface area contributed by atoms with Crippen LogP contribution in [0.3, 0.4) is 0 Å². The summed E-state index contributed by atoms with van der Waals surface area (Å²) in [6.45, 7) is 0. The van der Waals surface area contributed by atoms with Crippen molar-refractivity contribution in [2.24, 2.45) is 0 Å². The van der Waals surface area contributed by atoms with E-state index in [1.807, 2.05) is 0 Å². The Kier molecular flexibility index (Phi) is 6.91. The van der Waals surface area contributed by atoms with Gasteiger partial charge >= 0.3 is 0 Å². The number of rotatable bonds is 5. The van der Waals surface area contributed by atoms with Gasteiger partial charge in [0.15, 0.2) is 0 Å². The first-order valence-electron chi connectivity index (χ1n) is 16.6. The van der Waals surface area contributed by atoms with E-state index >= 15 is 0 Å². The Hall–Kier alpha value is -6.24. The Morgan fingerprint density at radius 3 is 1.29 bits per heavy atom. The number of fused-ring (bicyclic) bond motifs is 3. The van der Waals surface area contributed by atoms with Crippen LogP contribution in [-0.4, -0.2) is 0 Å². The highest BCUT2D eigenvalue weighted by Crippen LogP contribution is 2.48. The van der Waals surface area contributed by atoms with Crippen LogP contribution in [0.4, 0.5) is 0 Å². The third-order valence-corrected chi connectivity index (χ3v) is 9.67. The summed E-state index contributed by atoms with van der Waals surface area (Å²) in [4.78, 5) is 0. The monoisotopic (exact) mass is 608 g/mol. The fraction of sp³-hybridized carbons (Fsp3) is 0. The van der Waals surface area contributed by atoms with Gasteiger partial charge < -0.3 is 0 Å². The van der Waals surface area contributed by atoms with E-state index in [9.17, 15) is 0 Å². The highest BCUT2D eigenvalue weighted by Gasteiger charge is 2.21. The Labute approximate surface area is 281 Å². The maximum atomic E-state index is 2.33. The zero-order valence-corrected chi connectivity index (χ0v) is 26.5. The minimum atomic E-state index is 1.21. The van der Waals surface area contributed by atoms with Gasteiger partial charge in [-0.25, -0.2) is 0 Å². The average molecular weight is 609 g/mol. The molecule has 0 amide bonds. The Balaban J connectivity index is 1.33. The van der Waals surface area contributed by atoms with Gasteiger partial charge in [0, 0.05) is 0 Å². The lowest BCUT2D eigenvalue weighted by atomic mass is 9.81. The van der Waals surface area contributed by atoms with Crippen LogP contribution in [0.5, 0.6) is 0 Å². The first-order chi connectivity index (χ1) is 23.8. The molecule has 9 aromatic rings. The van der Waals surface area contributed by atoms with Gasteiger partial charge in [-0.2, -0.15) is 0 Å². The van der Waals surface area contributed by atoms with Crippen molar-refractivity contribution in [3.8, 4) is 55.6 Å². The summed E-state index contributed by atoms with van der Waals surface area (Å²) >= 11 is 0. The van der Waals surface area contributed by atoms with Crippen molar-refractivity contribution in [3.05, 3.63) is 194 Å². The predicted octanol–water partition coefficient (Wildman–Crippen LogP) is 13.5. The molecular formula is C48H32. The van der Waals surface area contributed by atoms with E-state index in [0.717, 1.165) is 0 Å². The van der Waals surface area contributed by atoms with E-state index in [2.05, 4.69) is 194 Å². The molecule has 0 unspecified atom stereocenters. The molecule has 0 aliphatic heterocycles. The van der Waals surface area contributed by atoms with Gasteiger partial charge in [-0.3, -0.25) is 0 Å². The maximum Gasteiger partial charge on any atom is -0.00199 e. The Morgan fingerprint density at radius 2 is 0.646 bits per heavy atom. The lowest BCUT2D eigenvalue weighted by Crippen LogP contribution is -1.94. The number of hydrogen-bond acceptors (Lipinski definition) is 0. The minimum Gasteiger partial charge on any atom is -0.0622 e. The molecule has 0 heteroatoms. The van der Waals surface area contributed by atoms with Crippen LogP contribution in [-0.2, 0) is 0 Å². The molecule has 48 heavy (non-hydrogen) atoms. The Bertz CT molecular complexity index is 2520. The second kappa shape index (κ2) is 11.8. The molecule has 0 heterocycles. The minimum absolute atomic E-state index is 1.21. The molecule has 0 aromatic heterocycles. The topological polar surface area (TPSA) is 0 Å². The van der Waals surface area contributed by atoms with Gasteiger partial charge in [-0.05, 0) is 94.0 Å². The molecule has 0 saturated carbocycles. The fourth-order valence-corrected chi connectivity index (χ4v) is 7.46. The molecule has 0 spiro atoms. The van der Waals surface area contributed by atoms with Crippen LogP contribution in [0.2, 0.25) is 0 Å². The lowest BCUT2D eigenvalue weighted by Gasteiger charge is -2.22. The molecule has 9 aromatic carbocycles. The van der Waals surface area contributed by atoms with E-state index in [1.165, 1.54) is 88.0 Å². The lowest BCUT2D eigenvalue weighted by molar-refractivity contribution is 1.58. The van der Waals surface area contributed by atoms with E-state index < -0.39 is 0 Å². The highest BCUT2D eigenvalue weighted by molar-refractivity contribution is 6.23. The molecule has 0 nitrogen and oxygen atoms in total. The Morgan fingerprint density at radius 1 is 0.208 bits per heavy atom. The first-order valence-corrected chi connectivity index (χ1v) is 16.6. The summed E-state index contributed by atoms with van der Waals surface area (Å²) < 4.78 is 0. The summed E-state index contributed by atoms with van der Waals surface area (Å²) in [6, 6.07) is 70.8. The zero-order chi connectivity index (χ0) is 31.9. The molecule has 0 fully saturated rings. The quantitative estimate of drug-likeness (QED) is 0.171. The van der Waals surface area contributed by atoms with Crippen molar-refractivity contribution in [1.82, 2.24) is 0 Å². The number of hydrogen-bond donors (Lipinski definition) is 0. The van der Waals surface area contributed by atoms with Crippen molar-refractivity contribution in [2.75, 3.05) is 0 Å².